The number of piperidine rings is 1. The maximum Gasteiger partial charge on any atom is 0.410 e. The Bertz CT molecular complexity index is 1230. The zero-order valence-corrected chi connectivity index (χ0v) is 23.4. The second kappa shape index (κ2) is 11.5. The largest absolute Gasteiger partial charge is 0.472 e. The standard InChI is InChI=1S/C25H33ClN7O3P/c1-25(2,3)35-24(34)32-12-8-9-18(16-32)33-15-17(13-28-33)29-23-27-14-19(26)22(31-23)30-20-10-6-7-11-21(20)36-37(4)5/h6-7,10-11,13-15,18H,8-9,12,16H2,1-5H3,(H2,27,29,30,31). The Kier molecular flexibility index (Phi) is 8.39. The number of hydrogen-bond donors (Lipinski definition) is 2. The summed E-state index contributed by atoms with van der Waals surface area (Å²) in [5, 5.41) is 11.3. The Balaban J connectivity index is 1.44. The Labute approximate surface area is 223 Å². The van der Waals surface area contributed by atoms with Crippen LogP contribution in [0.3, 0.4) is 0 Å². The van der Waals surface area contributed by atoms with Crippen molar-refractivity contribution in [3.8, 4) is 5.75 Å². The second-order valence-electron chi connectivity index (χ2n) is 9.97. The Hall–Kier alpha value is -3.10. The van der Waals surface area contributed by atoms with Crippen LogP contribution in [0.2, 0.25) is 5.02 Å². The number of anilines is 4. The van der Waals surface area contributed by atoms with Gasteiger partial charge in [0.2, 0.25) is 5.95 Å². The third kappa shape index (κ3) is 7.46. The van der Waals surface area contributed by atoms with Gasteiger partial charge in [-0.15, -0.1) is 0 Å². The van der Waals surface area contributed by atoms with Crippen molar-refractivity contribution in [3.63, 3.8) is 0 Å². The summed E-state index contributed by atoms with van der Waals surface area (Å²) in [5.41, 5.74) is 0.975. The van der Waals surface area contributed by atoms with Gasteiger partial charge in [-0.25, -0.2) is 9.78 Å². The number of amides is 1. The number of benzene rings is 1. The van der Waals surface area contributed by atoms with Crippen LogP contribution in [-0.4, -0.2) is 62.8 Å². The monoisotopic (exact) mass is 545 g/mol. The topological polar surface area (TPSA) is 106 Å². The van der Waals surface area contributed by atoms with E-state index >= 15 is 0 Å². The van der Waals surface area contributed by atoms with E-state index < -0.39 is 13.7 Å². The second-order valence-corrected chi connectivity index (χ2v) is 12.2. The van der Waals surface area contributed by atoms with Crippen molar-refractivity contribution in [1.29, 1.82) is 0 Å². The lowest BCUT2D eigenvalue weighted by atomic mass is 10.1. The van der Waals surface area contributed by atoms with Crippen LogP contribution in [0.15, 0.2) is 42.9 Å². The smallest absolute Gasteiger partial charge is 0.410 e. The van der Waals surface area contributed by atoms with Gasteiger partial charge in [0.1, 0.15) is 16.4 Å². The molecule has 4 rings (SSSR count). The average Bonchev–Trinajstić information content (AvgIpc) is 3.30. The molecule has 0 aliphatic carbocycles. The molecule has 1 saturated heterocycles. The molecular formula is C25H33ClN7O3P. The van der Waals surface area contributed by atoms with Crippen molar-refractivity contribution >= 4 is 49.0 Å². The lowest BCUT2D eigenvalue weighted by Crippen LogP contribution is -2.43. The van der Waals surface area contributed by atoms with Gasteiger partial charge in [-0.2, -0.15) is 10.1 Å². The Morgan fingerprint density at radius 2 is 1.97 bits per heavy atom. The fourth-order valence-corrected chi connectivity index (χ4v) is 4.57. The molecule has 1 amide bonds. The summed E-state index contributed by atoms with van der Waals surface area (Å²) in [6.07, 6.45) is 6.65. The lowest BCUT2D eigenvalue weighted by molar-refractivity contribution is 0.0167. The summed E-state index contributed by atoms with van der Waals surface area (Å²) in [4.78, 5) is 23.1. The third-order valence-corrected chi connectivity index (χ3v) is 6.28. The lowest BCUT2D eigenvalue weighted by Gasteiger charge is -2.34. The number of ether oxygens (including phenoxy) is 1. The number of para-hydroxylation sites is 2. The molecule has 1 unspecified atom stereocenters. The highest BCUT2D eigenvalue weighted by molar-refractivity contribution is 7.51. The molecule has 0 spiro atoms. The molecule has 2 N–H and O–H groups in total. The maximum absolute atomic E-state index is 12.5. The minimum absolute atomic E-state index is 0.0549. The number of carbonyl (C=O) groups is 1. The minimum atomic E-state index is -0.587. The van der Waals surface area contributed by atoms with Crippen molar-refractivity contribution < 1.29 is 14.1 Å². The van der Waals surface area contributed by atoms with Crippen molar-refractivity contribution in [1.82, 2.24) is 24.6 Å². The molecule has 1 aromatic carbocycles. The highest BCUT2D eigenvalue weighted by Gasteiger charge is 2.28. The van der Waals surface area contributed by atoms with Crippen LogP contribution in [0, 0.1) is 0 Å². The zero-order chi connectivity index (χ0) is 26.6. The minimum Gasteiger partial charge on any atom is -0.472 e. The average molecular weight is 546 g/mol. The molecule has 1 aliphatic heterocycles. The highest BCUT2D eigenvalue weighted by atomic mass is 35.5. The molecule has 198 valence electrons. The first-order chi connectivity index (χ1) is 17.6. The predicted octanol–water partition coefficient (Wildman–Crippen LogP) is 6.42. The molecule has 2 aromatic heterocycles. The van der Waals surface area contributed by atoms with E-state index in [9.17, 15) is 4.79 Å². The fourth-order valence-electron chi connectivity index (χ4n) is 3.88. The number of hydrogen-bond acceptors (Lipinski definition) is 8. The van der Waals surface area contributed by atoms with Crippen LogP contribution >= 0.6 is 19.7 Å². The van der Waals surface area contributed by atoms with Gasteiger partial charge in [0, 0.05) is 19.3 Å². The van der Waals surface area contributed by atoms with Crippen LogP contribution in [-0.2, 0) is 4.74 Å². The normalized spacial score (nSPS) is 16.0. The SMILES string of the molecule is CP(C)Oc1ccccc1Nc1nc(Nc2cnn(C3CCCN(C(=O)OC(C)(C)C)C3)c2)ncc1Cl. The van der Waals surface area contributed by atoms with Crippen LogP contribution < -0.4 is 15.2 Å². The number of nitrogens with zero attached hydrogens (tertiary/aromatic N) is 5. The summed E-state index contributed by atoms with van der Waals surface area (Å²) in [6.45, 7) is 10.9. The number of carbonyl (C=O) groups excluding carboxylic acids is 1. The van der Waals surface area contributed by atoms with Gasteiger partial charge in [0.25, 0.3) is 0 Å². The van der Waals surface area contributed by atoms with E-state index in [1.165, 1.54) is 0 Å². The van der Waals surface area contributed by atoms with Gasteiger partial charge in [0.05, 0.1) is 38.0 Å². The van der Waals surface area contributed by atoms with Gasteiger partial charge < -0.3 is 24.8 Å². The summed E-state index contributed by atoms with van der Waals surface area (Å²) < 4.78 is 13.4. The van der Waals surface area contributed by atoms with Crippen molar-refractivity contribution in [2.45, 2.75) is 45.3 Å². The Morgan fingerprint density at radius 3 is 2.73 bits per heavy atom. The number of rotatable bonds is 7. The molecule has 1 atom stereocenters. The number of likely N-dealkylation sites (tertiary alicyclic amines) is 1. The van der Waals surface area contributed by atoms with Gasteiger partial charge in [-0.3, -0.25) is 4.68 Å². The van der Waals surface area contributed by atoms with Crippen molar-refractivity contribution in [2.24, 2.45) is 0 Å². The van der Waals surface area contributed by atoms with E-state index in [0.717, 1.165) is 30.0 Å². The molecule has 10 nitrogen and oxygen atoms in total. The van der Waals surface area contributed by atoms with Gasteiger partial charge in [0.15, 0.2) is 5.82 Å². The van der Waals surface area contributed by atoms with E-state index in [2.05, 4.69) is 25.7 Å². The fraction of sp³-hybridized carbons (Fsp3) is 0.440. The highest BCUT2D eigenvalue weighted by Crippen LogP contribution is 2.37. The first-order valence-electron chi connectivity index (χ1n) is 12.1. The quantitative estimate of drug-likeness (QED) is 0.327. The molecule has 0 radical (unpaired) electrons. The van der Waals surface area contributed by atoms with E-state index in [1.54, 1.807) is 17.3 Å². The van der Waals surface area contributed by atoms with Crippen LogP contribution in [0.1, 0.15) is 39.7 Å². The van der Waals surface area contributed by atoms with Gasteiger partial charge in [-0.05, 0) is 59.1 Å². The Morgan fingerprint density at radius 1 is 1.19 bits per heavy atom. The molecule has 1 aliphatic rings. The molecule has 37 heavy (non-hydrogen) atoms. The summed E-state index contributed by atoms with van der Waals surface area (Å²) in [5.74, 6) is 1.56. The molecule has 1 fully saturated rings. The molecule has 3 heterocycles. The first-order valence-corrected chi connectivity index (χ1v) is 14.6. The van der Waals surface area contributed by atoms with Crippen molar-refractivity contribution in [3.05, 3.63) is 47.9 Å². The van der Waals surface area contributed by atoms with E-state index in [1.807, 2.05) is 69.2 Å². The third-order valence-electron chi connectivity index (χ3n) is 5.45. The van der Waals surface area contributed by atoms with E-state index in [-0.39, 0.29) is 12.1 Å². The molecule has 0 bridgehead atoms. The van der Waals surface area contributed by atoms with Crippen LogP contribution in [0.5, 0.6) is 5.75 Å². The van der Waals surface area contributed by atoms with E-state index in [0.29, 0.717) is 29.9 Å². The maximum atomic E-state index is 12.5. The van der Waals surface area contributed by atoms with Crippen LogP contribution in [0.25, 0.3) is 0 Å². The number of nitrogens with one attached hydrogen (secondary N) is 2. The summed E-state index contributed by atoms with van der Waals surface area (Å²) >= 11 is 6.38. The molecule has 0 saturated carbocycles. The molecule has 12 heteroatoms. The number of halogens is 1. The van der Waals surface area contributed by atoms with Crippen molar-refractivity contribution in [2.75, 3.05) is 37.1 Å². The first kappa shape index (κ1) is 26.9. The van der Waals surface area contributed by atoms with Gasteiger partial charge >= 0.3 is 6.09 Å². The summed E-state index contributed by atoms with van der Waals surface area (Å²) in [7, 11) is -0.587. The number of aromatic nitrogens is 4. The molecule has 3 aromatic rings. The predicted molar refractivity (Wildman–Crippen MR) is 148 cm³/mol. The van der Waals surface area contributed by atoms with Gasteiger partial charge in [-0.1, -0.05) is 23.7 Å². The zero-order valence-electron chi connectivity index (χ0n) is 21.7. The molecular weight excluding hydrogens is 513 g/mol. The van der Waals surface area contributed by atoms with E-state index in [4.69, 9.17) is 20.9 Å². The summed E-state index contributed by atoms with van der Waals surface area (Å²) in [6, 6.07) is 7.71. The van der Waals surface area contributed by atoms with Crippen LogP contribution in [0.4, 0.5) is 27.9 Å².